The van der Waals surface area contributed by atoms with Gasteiger partial charge in [-0.3, -0.25) is 14.3 Å². The molecule has 0 spiro atoms. The molecule has 15 heteroatoms. The number of nitrogens with zero attached hydrogens (tertiary/aromatic N) is 4. The third-order valence-electron chi connectivity index (χ3n) is 6.71. The van der Waals surface area contributed by atoms with Gasteiger partial charge in [-0.25, -0.2) is 13.8 Å². The van der Waals surface area contributed by atoms with Crippen LogP contribution in [0.1, 0.15) is 10.4 Å². The zero-order valence-corrected chi connectivity index (χ0v) is 23.5. The Labute approximate surface area is 246 Å². The van der Waals surface area contributed by atoms with Gasteiger partial charge in [-0.15, -0.1) is 0 Å². The fourth-order valence-electron chi connectivity index (χ4n) is 4.74. The van der Waals surface area contributed by atoms with Crippen molar-refractivity contribution in [1.82, 2.24) is 14.3 Å². The zero-order valence-electron chi connectivity index (χ0n) is 22.7. The Kier molecular flexibility index (Phi) is 8.59. The van der Waals surface area contributed by atoms with Crippen LogP contribution in [0, 0.1) is 11.6 Å². The summed E-state index contributed by atoms with van der Waals surface area (Å²) in [4.78, 5) is 33.6. The number of morpholine rings is 1. The highest BCUT2D eigenvalue weighted by Crippen LogP contribution is 2.35. The van der Waals surface area contributed by atoms with Crippen molar-refractivity contribution in [3.63, 3.8) is 0 Å². The van der Waals surface area contributed by atoms with Crippen LogP contribution in [0.4, 0.5) is 28.9 Å². The average molecular weight is 622 g/mol. The monoisotopic (exact) mass is 621 g/mol. The Morgan fingerprint density at radius 3 is 2.30 bits per heavy atom. The van der Waals surface area contributed by atoms with Gasteiger partial charge >= 0.3 is 6.61 Å². The molecule has 2 aromatic heterocycles. The van der Waals surface area contributed by atoms with E-state index in [-0.39, 0.29) is 33.7 Å². The van der Waals surface area contributed by atoms with E-state index in [0.29, 0.717) is 32.0 Å². The van der Waals surface area contributed by atoms with Gasteiger partial charge in [-0.2, -0.15) is 13.5 Å². The molecule has 4 aromatic rings. The van der Waals surface area contributed by atoms with Gasteiger partial charge in [0.25, 0.3) is 11.5 Å². The highest BCUT2D eigenvalue weighted by Gasteiger charge is 2.30. The van der Waals surface area contributed by atoms with E-state index >= 15 is 8.78 Å². The summed E-state index contributed by atoms with van der Waals surface area (Å²) in [6.07, 6.45) is 0. The molecule has 1 amide bonds. The topological polar surface area (TPSA) is 99.8 Å². The molecule has 226 valence electrons. The predicted molar refractivity (Wildman–Crippen MR) is 150 cm³/mol. The van der Waals surface area contributed by atoms with E-state index in [1.807, 2.05) is 4.90 Å². The molecule has 3 heterocycles. The molecule has 0 bridgehead atoms. The molecule has 1 saturated heterocycles. The molecule has 0 saturated carbocycles. The summed E-state index contributed by atoms with van der Waals surface area (Å²) >= 11 is 6.23. The van der Waals surface area contributed by atoms with E-state index < -0.39 is 41.0 Å². The van der Waals surface area contributed by atoms with Crippen molar-refractivity contribution in [2.75, 3.05) is 43.6 Å². The first-order valence-corrected chi connectivity index (χ1v) is 13.2. The van der Waals surface area contributed by atoms with E-state index in [4.69, 9.17) is 21.1 Å². The summed E-state index contributed by atoms with van der Waals surface area (Å²) in [6, 6.07) is 9.73. The molecule has 0 aliphatic carbocycles. The van der Waals surface area contributed by atoms with Gasteiger partial charge in [-0.1, -0.05) is 11.6 Å². The summed E-state index contributed by atoms with van der Waals surface area (Å²) in [5, 5.41) is 2.48. The summed E-state index contributed by atoms with van der Waals surface area (Å²) in [7, 11) is 2.61. The number of carbonyl (C=O) groups is 1. The van der Waals surface area contributed by atoms with Crippen molar-refractivity contribution < 1.29 is 36.6 Å². The van der Waals surface area contributed by atoms with Crippen molar-refractivity contribution in [3.8, 4) is 28.6 Å². The number of alkyl halides is 2. The molecular weight excluding hydrogens is 598 g/mol. The largest absolute Gasteiger partial charge is 0.497 e. The van der Waals surface area contributed by atoms with Crippen LogP contribution < -0.4 is 25.2 Å². The van der Waals surface area contributed by atoms with E-state index in [9.17, 15) is 18.4 Å². The van der Waals surface area contributed by atoms with Gasteiger partial charge in [-0.05, 0) is 36.4 Å². The normalized spacial score (nSPS) is 13.3. The van der Waals surface area contributed by atoms with Crippen LogP contribution in [0.15, 0.2) is 53.3 Å². The summed E-state index contributed by atoms with van der Waals surface area (Å²) in [5.74, 6) is -3.25. The van der Waals surface area contributed by atoms with E-state index in [1.165, 1.54) is 32.4 Å². The smallest absolute Gasteiger partial charge is 0.387 e. The molecule has 10 nitrogen and oxygen atoms in total. The number of amides is 1. The number of anilines is 2. The maximum absolute atomic E-state index is 15.4. The lowest BCUT2D eigenvalue weighted by atomic mass is 10.1. The summed E-state index contributed by atoms with van der Waals surface area (Å²) in [6.45, 7) is -1.29. The Morgan fingerprint density at radius 1 is 1.05 bits per heavy atom. The SMILES string of the molecule is COc1cc(F)c(-c2c(NC(=O)c3ccc(OC(F)F)cc3)c(=O)n(-c3nc(Cl)ccc3N3CCOCC3)n2C)c(F)c1. The number of aromatic nitrogens is 3. The van der Waals surface area contributed by atoms with Crippen LogP contribution in [0.25, 0.3) is 17.1 Å². The van der Waals surface area contributed by atoms with Crippen molar-refractivity contribution in [3.05, 3.63) is 81.2 Å². The van der Waals surface area contributed by atoms with Crippen LogP contribution in [0.5, 0.6) is 11.5 Å². The number of methoxy groups -OCH3 is 1. The minimum Gasteiger partial charge on any atom is -0.497 e. The van der Waals surface area contributed by atoms with E-state index in [0.717, 1.165) is 33.6 Å². The lowest BCUT2D eigenvalue weighted by Gasteiger charge is -2.30. The maximum atomic E-state index is 15.4. The van der Waals surface area contributed by atoms with Gasteiger partial charge in [0.2, 0.25) is 0 Å². The highest BCUT2D eigenvalue weighted by molar-refractivity contribution is 6.29. The Hall–Kier alpha value is -4.56. The van der Waals surface area contributed by atoms with E-state index in [1.54, 1.807) is 6.07 Å². The van der Waals surface area contributed by atoms with Crippen LogP contribution in [0.2, 0.25) is 5.15 Å². The quantitative estimate of drug-likeness (QED) is 0.221. The molecule has 1 N–H and O–H groups in total. The van der Waals surface area contributed by atoms with Crippen molar-refractivity contribution in [2.45, 2.75) is 6.61 Å². The van der Waals surface area contributed by atoms with Crippen LogP contribution in [-0.4, -0.2) is 60.3 Å². The number of halogens is 5. The van der Waals surface area contributed by atoms with Gasteiger partial charge in [0.1, 0.15) is 39.7 Å². The number of benzene rings is 2. The summed E-state index contributed by atoms with van der Waals surface area (Å²) in [5.41, 5.74) is -1.84. The third kappa shape index (κ3) is 6.01. The third-order valence-corrected chi connectivity index (χ3v) is 6.92. The number of rotatable bonds is 8. The molecule has 43 heavy (non-hydrogen) atoms. The number of hydrogen-bond donors (Lipinski definition) is 1. The number of pyridine rings is 1. The first-order valence-electron chi connectivity index (χ1n) is 12.8. The molecule has 5 rings (SSSR count). The van der Waals surface area contributed by atoms with E-state index in [2.05, 4.69) is 15.0 Å². The lowest BCUT2D eigenvalue weighted by molar-refractivity contribution is -0.0498. The molecule has 0 radical (unpaired) electrons. The molecule has 1 fully saturated rings. The minimum atomic E-state index is -3.07. The first kappa shape index (κ1) is 29.9. The molecule has 1 aliphatic rings. The Morgan fingerprint density at radius 2 is 1.70 bits per heavy atom. The molecule has 0 atom stereocenters. The number of hydrogen-bond acceptors (Lipinski definition) is 7. The Balaban J connectivity index is 1.69. The number of ether oxygens (including phenoxy) is 3. The van der Waals surface area contributed by atoms with Gasteiger partial charge in [0.05, 0.1) is 31.6 Å². The fraction of sp³-hybridized carbons (Fsp3) is 0.250. The van der Waals surface area contributed by atoms with Gasteiger partial charge in [0, 0.05) is 37.8 Å². The van der Waals surface area contributed by atoms with Gasteiger partial charge in [0.15, 0.2) is 5.82 Å². The van der Waals surface area contributed by atoms with Crippen LogP contribution >= 0.6 is 11.6 Å². The molecule has 0 unspecified atom stereocenters. The molecular formula is C28H24ClF4N5O5. The van der Waals surface area contributed by atoms with Crippen molar-refractivity contribution >= 4 is 28.9 Å². The molecule has 2 aromatic carbocycles. The number of nitrogens with one attached hydrogen (secondary N) is 1. The summed E-state index contributed by atoms with van der Waals surface area (Å²) < 4.78 is 72.9. The highest BCUT2D eigenvalue weighted by atomic mass is 35.5. The number of carbonyl (C=O) groups excluding carboxylic acids is 1. The van der Waals surface area contributed by atoms with Crippen molar-refractivity contribution in [2.24, 2.45) is 7.05 Å². The second kappa shape index (κ2) is 12.4. The lowest BCUT2D eigenvalue weighted by Crippen LogP contribution is -2.37. The molecule has 1 aliphatic heterocycles. The predicted octanol–water partition coefficient (Wildman–Crippen LogP) is 4.87. The standard InChI is InChI=1S/C28H24ClF4N5O5/c1-36-24(22-18(30)13-17(41-2)14-19(22)31)23(35-26(39)15-3-5-16(6-4-15)43-28(32)33)27(40)38(36)25-20(7-8-21(29)34-25)37-9-11-42-12-10-37/h3-8,13-14,28H,9-12H2,1-2H3,(H,35,39). The fourth-order valence-corrected chi connectivity index (χ4v) is 4.88. The average Bonchev–Trinajstić information content (AvgIpc) is 3.21. The van der Waals surface area contributed by atoms with Crippen LogP contribution in [0.3, 0.4) is 0 Å². The van der Waals surface area contributed by atoms with Crippen molar-refractivity contribution in [1.29, 1.82) is 0 Å². The maximum Gasteiger partial charge on any atom is 0.387 e. The second-order valence-electron chi connectivity index (χ2n) is 9.26. The minimum absolute atomic E-state index is 0.0418. The zero-order chi connectivity index (χ0) is 30.8. The Bertz CT molecular complexity index is 1700. The first-order chi connectivity index (χ1) is 20.6. The van der Waals surface area contributed by atoms with Crippen LogP contribution in [-0.2, 0) is 11.8 Å². The van der Waals surface area contributed by atoms with Gasteiger partial charge < -0.3 is 24.4 Å². The second-order valence-corrected chi connectivity index (χ2v) is 9.65.